The summed E-state index contributed by atoms with van der Waals surface area (Å²) in [7, 11) is 0. The molecule has 0 spiro atoms. The molecule has 2 rings (SSSR count). The molecule has 0 aromatic rings. The Bertz CT molecular complexity index is 282. The molecule has 90 valence electrons. The number of hydrogen-bond donors (Lipinski definition) is 2. The molecule has 0 radical (unpaired) electrons. The average Bonchev–Trinajstić information content (AvgIpc) is 2.26. The highest BCUT2D eigenvalue weighted by Gasteiger charge is 2.16. The first kappa shape index (κ1) is 11.5. The lowest BCUT2D eigenvalue weighted by Gasteiger charge is -2.25. The second kappa shape index (κ2) is 5.89. The number of aliphatic imine (C=N–C) groups is 1. The first-order valence-electron chi connectivity index (χ1n) is 6.14. The molecule has 1 saturated carbocycles. The van der Waals surface area contributed by atoms with Crippen LogP contribution >= 0.6 is 0 Å². The van der Waals surface area contributed by atoms with E-state index >= 15 is 0 Å². The maximum Gasteiger partial charge on any atom is 0.188 e. The van der Waals surface area contributed by atoms with Crippen molar-refractivity contribution in [1.29, 1.82) is 0 Å². The van der Waals surface area contributed by atoms with Crippen LogP contribution in [-0.2, 0) is 4.74 Å². The lowest BCUT2D eigenvalue weighted by atomic mass is 9.85. The minimum Gasteiger partial charge on any atom is -0.377 e. The molecule has 1 heterocycles. The van der Waals surface area contributed by atoms with Gasteiger partial charge in [-0.15, -0.1) is 0 Å². The summed E-state index contributed by atoms with van der Waals surface area (Å²) in [6, 6.07) is 0. The smallest absolute Gasteiger partial charge is 0.188 e. The maximum atomic E-state index is 5.80. The van der Waals surface area contributed by atoms with E-state index in [1.54, 1.807) is 0 Å². The fraction of sp³-hybridized carbons (Fsp3) is 0.750. The largest absolute Gasteiger partial charge is 0.377 e. The van der Waals surface area contributed by atoms with Crippen LogP contribution in [0.25, 0.3) is 0 Å². The molecule has 0 unspecified atom stereocenters. The van der Waals surface area contributed by atoms with Gasteiger partial charge >= 0.3 is 0 Å². The van der Waals surface area contributed by atoms with Gasteiger partial charge in [0.1, 0.15) is 0 Å². The minimum atomic E-state index is 0.583. The van der Waals surface area contributed by atoms with E-state index in [-0.39, 0.29) is 0 Å². The molecule has 16 heavy (non-hydrogen) atoms. The fourth-order valence-electron chi connectivity index (χ4n) is 1.90. The van der Waals surface area contributed by atoms with Gasteiger partial charge in [0.25, 0.3) is 0 Å². The van der Waals surface area contributed by atoms with E-state index in [4.69, 9.17) is 10.5 Å². The molecule has 4 heteroatoms. The second-order valence-electron chi connectivity index (χ2n) is 4.57. The lowest BCUT2D eigenvalue weighted by molar-refractivity contribution is 0.154. The Morgan fingerprint density at radius 2 is 2.44 bits per heavy atom. The summed E-state index contributed by atoms with van der Waals surface area (Å²) in [5, 5.41) is 3.19. The molecular weight excluding hydrogens is 202 g/mol. The van der Waals surface area contributed by atoms with Crippen molar-refractivity contribution in [3.8, 4) is 0 Å². The Labute approximate surface area is 97.0 Å². The quantitative estimate of drug-likeness (QED) is 0.425. The zero-order valence-corrected chi connectivity index (χ0v) is 9.74. The molecule has 1 aliphatic carbocycles. The Balaban J connectivity index is 1.66. The van der Waals surface area contributed by atoms with Gasteiger partial charge in [0.2, 0.25) is 0 Å². The molecule has 1 fully saturated rings. The molecule has 2 aliphatic rings. The first-order chi connectivity index (χ1) is 7.84. The topological polar surface area (TPSA) is 59.6 Å². The van der Waals surface area contributed by atoms with Gasteiger partial charge in [0, 0.05) is 6.54 Å². The number of nitrogens with zero attached hydrogens (tertiary/aromatic N) is 1. The Kier molecular flexibility index (Phi) is 4.22. The van der Waals surface area contributed by atoms with Crippen molar-refractivity contribution in [2.45, 2.75) is 25.7 Å². The summed E-state index contributed by atoms with van der Waals surface area (Å²) in [5.74, 6) is 1.40. The van der Waals surface area contributed by atoms with Gasteiger partial charge in [0.15, 0.2) is 5.96 Å². The van der Waals surface area contributed by atoms with Gasteiger partial charge in [-0.1, -0.05) is 12.5 Å². The van der Waals surface area contributed by atoms with Gasteiger partial charge in [-0.25, -0.2) is 4.99 Å². The molecular formula is C12H21N3O. The van der Waals surface area contributed by atoms with E-state index in [0.29, 0.717) is 12.5 Å². The molecule has 4 nitrogen and oxygen atoms in total. The zero-order chi connectivity index (χ0) is 11.2. The van der Waals surface area contributed by atoms with Crippen molar-refractivity contribution in [2.75, 3.05) is 26.3 Å². The molecule has 0 aromatic carbocycles. The molecule has 0 atom stereocenters. The number of nitrogens with two attached hydrogens (primary N) is 1. The number of hydrogen-bond acceptors (Lipinski definition) is 2. The monoisotopic (exact) mass is 223 g/mol. The number of ether oxygens (including phenoxy) is 1. The highest BCUT2D eigenvalue weighted by molar-refractivity contribution is 5.77. The Morgan fingerprint density at radius 1 is 1.56 bits per heavy atom. The summed E-state index contributed by atoms with van der Waals surface area (Å²) in [5.41, 5.74) is 7.13. The van der Waals surface area contributed by atoms with Crippen molar-refractivity contribution in [2.24, 2.45) is 16.6 Å². The van der Waals surface area contributed by atoms with E-state index in [1.165, 1.54) is 24.8 Å². The standard InChI is InChI=1S/C12H21N3O/c13-12(14-8-10-2-1-3-10)15-9-11-4-6-16-7-5-11/h4,10H,1-3,5-9H2,(H3,13,14,15). The van der Waals surface area contributed by atoms with E-state index in [1.807, 2.05) is 0 Å². The van der Waals surface area contributed by atoms with Crippen LogP contribution in [0.4, 0.5) is 0 Å². The zero-order valence-electron chi connectivity index (χ0n) is 9.74. The fourth-order valence-corrected chi connectivity index (χ4v) is 1.90. The number of rotatable bonds is 4. The highest BCUT2D eigenvalue weighted by atomic mass is 16.5. The number of nitrogens with one attached hydrogen (secondary N) is 1. The van der Waals surface area contributed by atoms with Crippen LogP contribution in [0.15, 0.2) is 16.6 Å². The number of guanidine groups is 1. The van der Waals surface area contributed by atoms with Gasteiger partial charge < -0.3 is 15.8 Å². The Morgan fingerprint density at radius 3 is 3.06 bits per heavy atom. The van der Waals surface area contributed by atoms with E-state index in [0.717, 1.165) is 32.1 Å². The van der Waals surface area contributed by atoms with Crippen LogP contribution in [0.2, 0.25) is 0 Å². The van der Waals surface area contributed by atoms with Crippen LogP contribution in [0.5, 0.6) is 0 Å². The molecule has 0 aromatic heterocycles. The van der Waals surface area contributed by atoms with E-state index < -0.39 is 0 Å². The van der Waals surface area contributed by atoms with Crippen molar-refractivity contribution in [3.05, 3.63) is 11.6 Å². The van der Waals surface area contributed by atoms with E-state index in [9.17, 15) is 0 Å². The second-order valence-corrected chi connectivity index (χ2v) is 4.57. The van der Waals surface area contributed by atoms with Crippen molar-refractivity contribution >= 4 is 5.96 Å². The summed E-state index contributed by atoms with van der Waals surface area (Å²) in [4.78, 5) is 4.34. The van der Waals surface area contributed by atoms with Crippen molar-refractivity contribution in [3.63, 3.8) is 0 Å². The summed E-state index contributed by atoms with van der Waals surface area (Å²) >= 11 is 0. The van der Waals surface area contributed by atoms with E-state index in [2.05, 4.69) is 16.4 Å². The summed E-state index contributed by atoms with van der Waals surface area (Å²) in [6.45, 7) is 3.24. The van der Waals surface area contributed by atoms with Crippen LogP contribution in [0, 0.1) is 5.92 Å². The molecule has 1 aliphatic heterocycles. The van der Waals surface area contributed by atoms with Gasteiger partial charge in [-0.2, -0.15) is 0 Å². The normalized spacial score (nSPS) is 22.5. The van der Waals surface area contributed by atoms with Crippen LogP contribution in [-0.4, -0.2) is 32.3 Å². The van der Waals surface area contributed by atoms with Crippen LogP contribution in [0.1, 0.15) is 25.7 Å². The van der Waals surface area contributed by atoms with Gasteiger partial charge in [0.05, 0.1) is 19.8 Å². The first-order valence-corrected chi connectivity index (χ1v) is 6.14. The lowest BCUT2D eigenvalue weighted by Crippen LogP contribution is -2.37. The predicted molar refractivity (Wildman–Crippen MR) is 65.4 cm³/mol. The predicted octanol–water partition coefficient (Wildman–Crippen LogP) is 1.04. The minimum absolute atomic E-state index is 0.583. The average molecular weight is 223 g/mol. The van der Waals surface area contributed by atoms with Crippen LogP contribution < -0.4 is 11.1 Å². The molecule has 0 saturated heterocycles. The highest BCUT2D eigenvalue weighted by Crippen LogP contribution is 2.24. The third kappa shape index (κ3) is 3.52. The maximum absolute atomic E-state index is 5.80. The summed E-state index contributed by atoms with van der Waals surface area (Å²) in [6.07, 6.45) is 7.13. The third-order valence-electron chi connectivity index (χ3n) is 3.31. The summed E-state index contributed by atoms with van der Waals surface area (Å²) < 4.78 is 5.24. The Hall–Kier alpha value is -1.03. The van der Waals surface area contributed by atoms with Crippen LogP contribution in [0.3, 0.4) is 0 Å². The van der Waals surface area contributed by atoms with Gasteiger partial charge in [-0.3, -0.25) is 0 Å². The molecule has 0 amide bonds. The molecule has 0 bridgehead atoms. The van der Waals surface area contributed by atoms with Crippen molar-refractivity contribution in [1.82, 2.24) is 5.32 Å². The van der Waals surface area contributed by atoms with Gasteiger partial charge in [-0.05, 0) is 30.8 Å². The van der Waals surface area contributed by atoms with Crippen molar-refractivity contribution < 1.29 is 4.74 Å². The molecule has 3 N–H and O–H groups in total. The SMILES string of the molecule is NC(=NCC1=CCOCC1)NCC1CCC1. The third-order valence-corrected chi connectivity index (χ3v) is 3.31.